The molecule has 3 rings (SSSR count). The minimum absolute atomic E-state index is 0.00401. The van der Waals surface area contributed by atoms with Crippen molar-refractivity contribution >= 4 is 17.2 Å². The van der Waals surface area contributed by atoms with E-state index in [0.29, 0.717) is 29.9 Å². The van der Waals surface area contributed by atoms with Crippen molar-refractivity contribution in [3.63, 3.8) is 0 Å². The summed E-state index contributed by atoms with van der Waals surface area (Å²) in [5.41, 5.74) is 0. The predicted molar refractivity (Wildman–Crippen MR) is 86.1 cm³/mol. The number of nitrogens with one attached hydrogen (secondary N) is 1. The number of thiazole rings is 1. The molecule has 0 aliphatic carbocycles. The molecule has 122 valence electrons. The Morgan fingerprint density at radius 2 is 2.00 bits per heavy atom. The van der Waals surface area contributed by atoms with E-state index < -0.39 is 0 Å². The van der Waals surface area contributed by atoms with Gasteiger partial charge in [0, 0.05) is 30.8 Å². The monoisotopic (exact) mass is 334 g/mol. The summed E-state index contributed by atoms with van der Waals surface area (Å²) in [5.74, 6) is 1.19. The average Bonchev–Trinajstić information content (AvgIpc) is 3.08. The van der Waals surface area contributed by atoms with Crippen molar-refractivity contribution in [2.45, 2.75) is 18.9 Å². The molecule has 1 N–H and O–H groups in total. The molecule has 1 fully saturated rings. The molecule has 1 aliphatic heterocycles. The van der Waals surface area contributed by atoms with Crippen molar-refractivity contribution in [2.75, 3.05) is 19.8 Å². The minimum Gasteiger partial charge on any atom is -0.484 e. The predicted octanol–water partition coefficient (Wildman–Crippen LogP) is 2.61. The number of carbonyl (C=O) groups excluding carboxylic acids is 1. The van der Waals surface area contributed by atoms with Crippen molar-refractivity contribution in [2.24, 2.45) is 0 Å². The largest absolute Gasteiger partial charge is 0.484 e. The first-order valence-electron chi connectivity index (χ1n) is 7.47. The van der Waals surface area contributed by atoms with Gasteiger partial charge in [0.2, 0.25) is 0 Å². The Bertz CT molecular complexity index is 610. The molecule has 0 radical (unpaired) electrons. The second kappa shape index (κ2) is 7.94. The Morgan fingerprint density at radius 1 is 1.26 bits per heavy atom. The van der Waals surface area contributed by atoms with E-state index in [0.717, 1.165) is 12.8 Å². The number of ether oxygens (including phenoxy) is 3. The van der Waals surface area contributed by atoms with E-state index in [2.05, 4.69) is 10.3 Å². The molecule has 1 aromatic heterocycles. The first-order valence-corrected chi connectivity index (χ1v) is 8.35. The van der Waals surface area contributed by atoms with Gasteiger partial charge < -0.3 is 19.5 Å². The zero-order chi connectivity index (χ0) is 15.9. The number of hydrogen-bond acceptors (Lipinski definition) is 6. The molecule has 6 nitrogen and oxygen atoms in total. The third kappa shape index (κ3) is 4.94. The summed E-state index contributed by atoms with van der Waals surface area (Å²) in [6.07, 6.45) is 3.40. The lowest BCUT2D eigenvalue weighted by Crippen LogP contribution is -2.41. The van der Waals surface area contributed by atoms with Crippen molar-refractivity contribution < 1.29 is 19.0 Å². The first kappa shape index (κ1) is 15.8. The van der Waals surface area contributed by atoms with Crippen molar-refractivity contribution in [3.8, 4) is 16.7 Å². The van der Waals surface area contributed by atoms with Crippen LogP contribution in [0.25, 0.3) is 0 Å². The zero-order valence-electron chi connectivity index (χ0n) is 12.6. The Kier molecular flexibility index (Phi) is 5.44. The van der Waals surface area contributed by atoms with Gasteiger partial charge in [0.25, 0.3) is 11.1 Å². The first-order chi connectivity index (χ1) is 11.3. The fourth-order valence-corrected chi connectivity index (χ4v) is 2.73. The molecular formula is C16H18N2O4S. The number of amides is 1. The molecule has 0 saturated carbocycles. The lowest BCUT2D eigenvalue weighted by atomic mass is 10.1. The van der Waals surface area contributed by atoms with Crippen LogP contribution in [0, 0.1) is 0 Å². The molecule has 2 heterocycles. The summed E-state index contributed by atoms with van der Waals surface area (Å²) in [4.78, 5) is 15.9. The SMILES string of the molecule is O=C(COc1ccc(Oc2nccs2)cc1)NC1CCOCC1. The van der Waals surface area contributed by atoms with Crippen LogP contribution in [-0.2, 0) is 9.53 Å². The lowest BCUT2D eigenvalue weighted by molar-refractivity contribution is -0.124. The molecule has 1 saturated heterocycles. The Balaban J connectivity index is 1.43. The van der Waals surface area contributed by atoms with E-state index >= 15 is 0 Å². The molecule has 23 heavy (non-hydrogen) atoms. The minimum atomic E-state index is -0.111. The molecule has 0 bridgehead atoms. The van der Waals surface area contributed by atoms with E-state index in [9.17, 15) is 4.79 Å². The maximum Gasteiger partial charge on any atom is 0.278 e. The molecule has 1 amide bonds. The zero-order valence-corrected chi connectivity index (χ0v) is 13.4. The van der Waals surface area contributed by atoms with Crippen molar-refractivity contribution in [1.82, 2.24) is 10.3 Å². The van der Waals surface area contributed by atoms with E-state index in [1.807, 2.05) is 5.38 Å². The Hall–Kier alpha value is -2.12. The molecule has 2 aromatic rings. The van der Waals surface area contributed by atoms with E-state index in [-0.39, 0.29) is 18.6 Å². The number of hydrogen-bond donors (Lipinski definition) is 1. The summed E-state index contributed by atoms with van der Waals surface area (Å²) >= 11 is 1.43. The summed E-state index contributed by atoms with van der Waals surface area (Å²) in [5, 5.41) is 5.40. The summed E-state index contributed by atoms with van der Waals surface area (Å²) in [7, 11) is 0. The highest BCUT2D eigenvalue weighted by atomic mass is 32.1. The number of benzene rings is 1. The van der Waals surface area contributed by atoms with Gasteiger partial charge in [-0.15, -0.1) is 0 Å². The molecule has 1 aliphatic rings. The van der Waals surface area contributed by atoms with Gasteiger partial charge >= 0.3 is 0 Å². The fraction of sp³-hybridized carbons (Fsp3) is 0.375. The van der Waals surface area contributed by atoms with E-state index in [1.54, 1.807) is 30.5 Å². The maximum absolute atomic E-state index is 11.9. The summed E-state index contributed by atoms with van der Waals surface area (Å²) in [6, 6.07) is 7.30. The van der Waals surface area contributed by atoms with Crippen LogP contribution < -0.4 is 14.8 Å². The number of carbonyl (C=O) groups is 1. The standard InChI is InChI=1S/C16H18N2O4S/c19-15(18-12-5-8-20-9-6-12)11-21-13-1-3-14(4-2-13)22-16-17-7-10-23-16/h1-4,7,10,12H,5-6,8-9,11H2,(H,18,19). The van der Waals surface area contributed by atoms with Gasteiger partial charge in [-0.05, 0) is 37.1 Å². The third-order valence-electron chi connectivity index (χ3n) is 3.39. The van der Waals surface area contributed by atoms with Gasteiger partial charge in [-0.1, -0.05) is 11.3 Å². The van der Waals surface area contributed by atoms with Gasteiger partial charge in [0.15, 0.2) is 6.61 Å². The van der Waals surface area contributed by atoms with Crippen LogP contribution in [0.3, 0.4) is 0 Å². The Morgan fingerprint density at radius 3 is 2.70 bits per heavy atom. The van der Waals surface area contributed by atoms with Crippen LogP contribution >= 0.6 is 11.3 Å². The van der Waals surface area contributed by atoms with Crippen molar-refractivity contribution in [1.29, 1.82) is 0 Å². The van der Waals surface area contributed by atoms with Gasteiger partial charge in [-0.2, -0.15) is 0 Å². The smallest absolute Gasteiger partial charge is 0.278 e. The van der Waals surface area contributed by atoms with Gasteiger partial charge in [0.1, 0.15) is 11.5 Å². The highest BCUT2D eigenvalue weighted by Gasteiger charge is 2.16. The molecule has 0 unspecified atom stereocenters. The quantitative estimate of drug-likeness (QED) is 0.879. The lowest BCUT2D eigenvalue weighted by Gasteiger charge is -2.23. The molecular weight excluding hydrogens is 316 g/mol. The molecule has 7 heteroatoms. The maximum atomic E-state index is 11.9. The van der Waals surface area contributed by atoms with E-state index in [4.69, 9.17) is 14.2 Å². The average molecular weight is 334 g/mol. The normalized spacial score (nSPS) is 15.1. The summed E-state index contributed by atoms with van der Waals surface area (Å²) < 4.78 is 16.3. The topological polar surface area (TPSA) is 69.7 Å². The number of nitrogens with zero attached hydrogens (tertiary/aromatic N) is 1. The molecule has 0 spiro atoms. The molecule has 1 aromatic carbocycles. The highest BCUT2D eigenvalue weighted by Crippen LogP contribution is 2.25. The van der Waals surface area contributed by atoms with Crippen LogP contribution in [-0.4, -0.2) is 36.8 Å². The molecule has 0 atom stereocenters. The number of rotatable bonds is 6. The van der Waals surface area contributed by atoms with Crippen molar-refractivity contribution in [3.05, 3.63) is 35.8 Å². The second-order valence-electron chi connectivity index (χ2n) is 5.11. The van der Waals surface area contributed by atoms with Crippen LogP contribution in [0.4, 0.5) is 0 Å². The van der Waals surface area contributed by atoms with Gasteiger partial charge in [-0.25, -0.2) is 4.98 Å². The second-order valence-corrected chi connectivity index (χ2v) is 5.97. The van der Waals surface area contributed by atoms with Gasteiger partial charge in [-0.3, -0.25) is 4.79 Å². The fourth-order valence-electron chi connectivity index (χ4n) is 2.23. The summed E-state index contributed by atoms with van der Waals surface area (Å²) in [6.45, 7) is 1.41. The van der Waals surface area contributed by atoms with E-state index in [1.165, 1.54) is 11.3 Å². The van der Waals surface area contributed by atoms with Gasteiger partial charge in [0.05, 0.1) is 0 Å². The Labute approximate surface area is 138 Å². The van der Waals surface area contributed by atoms with Crippen LogP contribution in [0.2, 0.25) is 0 Å². The third-order valence-corrected chi connectivity index (χ3v) is 4.04. The number of aromatic nitrogens is 1. The highest BCUT2D eigenvalue weighted by molar-refractivity contribution is 7.11. The van der Waals surface area contributed by atoms with Crippen LogP contribution in [0.1, 0.15) is 12.8 Å². The van der Waals surface area contributed by atoms with Crippen LogP contribution in [0.5, 0.6) is 16.7 Å². The van der Waals surface area contributed by atoms with Crippen LogP contribution in [0.15, 0.2) is 35.8 Å².